The molecule has 0 spiro atoms. The van der Waals surface area contributed by atoms with Gasteiger partial charge >= 0.3 is 0 Å². The molecular weight excluding hydrogens is 268 g/mol. The van der Waals surface area contributed by atoms with Crippen LogP contribution >= 0.6 is 0 Å². The summed E-state index contributed by atoms with van der Waals surface area (Å²) in [6.45, 7) is 13.8. The summed E-state index contributed by atoms with van der Waals surface area (Å²) in [7, 11) is -1.76. The van der Waals surface area contributed by atoms with Crippen LogP contribution in [0.1, 0.15) is 47.0 Å². The van der Waals surface area contributed by atoms with Gasteiger partial charge in [0.05, 0.1) is 18.3 Å². The minimum Gasteiger partial charge on any atom is -0.414 e. The summed E-state index contributed by atoms with van der Waals surface area (Å²) in [4.78, 5) is 0. The number of epoxide rings is 1. The molecule has 1 N–H and O–H groups in total. The Kier molecular flexibility index (Phi) is 3.23. The molecule has 3 nitrogen and oxygen atoms in total. The Morgan fingerprint density at radius 3 is 2.50 bits per heavy atom. The molecule has 116 valence electrons. The van der Waals surface area contributed by atoms with Crippen molar-refractivity contribution < 1.29 is 14.3 Å². The first-order valence-electron chi connectivity index (χ1n) is 8.09. The minimum atomic E-state index is -1.76. The molecule has 3 fully saturated rings. The second-order valence-corrected chi connectivity index (χ2v) is 13.6. The zero-order valence-corrected chi connectivity index (χ0v) is 14.8. The van der Waals surface area contributed by atoms with Gasteiger partial charge in [-0.15, -0.1) is 0 Å². The van der Waals surface area contributed by atoms with Gasteiger partial charge in [-0.1, -0.05) is 34.1 Å². The molecule has 0 unspecified atom stereocenters. The maximum Gasteiger partial charge on any atom is 0.192 e. The second-order valence-electron chi connectivity index (χ2n) is 8.85. The second kappa shape index (κ2) is 4.31. The highest BCUT2D eigenvalue weighted by molar-refractivity contribution is 6.74. The van der Waals surface area contributed by atoms with E-state index < -0.39 is 8.32 Å². The molecule has 3 aliphatic rings. The van der Waals surface area contributed by atoms with Gasteiger partial charge in [-0.25, -0.2) is 0 Å². The van der Waals surface area contributed by atoms with Crippen LogP contribution in [0.4, 0.5) is 0 Å². The molecule has 20 heavy (non-hydrogen) atoms. The Morgan fingerprint density at radius 2 is 1.90 bits per heavy atom. The third kappa shape index (κ3) is 2.03. The highest BCUT2D eigenvalue weighted by Gasteiger charge is 2.70. The van der Waals surface area contributed by atoms with Crippen LogP contribution in [0.5, 0.6) is 0 Å². The Morgan fingerprint density at radius 1 is 1.25 bits per heavy atom. The molecule has 0 aromatic rings. The lowest BCUT2D eigenvalue weighted by Gasteiger charge is -2.48. The van der Waals surface area contributed by atoms with Gasteiger partial charge in [-0.05, 0) is 31.0 Å². The van der Waals surface area contributed by atoms with Crippen LogP contribution < -0.4 is 0 Å². The van der Waals surface area contributed by atoms with Crippen molar-refractivity contribution in [1.29, 1.82) is 0 Å². The van der Waals surface area contributed by atoms with Crippen molar-refractivity contribution in [2.75, 3.05) is 0 Å². The van der Waals surface area contributed by atoms with Gasteiger partial charge in [0, 0.05) is 11.3 Å². The van der Waals surface area contributed by atoms with E-state index in [4.69, 9.17) is 9.16 Å². The molecule has 0 bridgehead atoms. The fourth-order valence-corrected chi connectivity index (χ4v) is 5.50. The lowest BCUT2D eigenvalue weighted by atomic mass is 9.66. The van der Waals surface area contributed by atoms with Crippen molar-refractivity contribution in [2.45, 2.75) is 89.5 Å². The van der Waals surface area contributed by atoms with E-state index in [1.807, 2.05) is 0 Å². The van der Waals surface area contributed by atoms with E-state index in [1.165, 1.54) is 6.42 Å². The van der Waals surface area contributed by atoms with Gasteiger partial charge in [0.2, 0.25) is 0 Å². The maximum absolute atomic E-state index is 10.5. The molecule has 1 heterocycles. The van der Waals surface area contributed by atoms with Crippen LogP contribution in [0.15, 0.2) is 0 Å². The molecule has 0 radical (unpaired) electrons. The van der Waals surface area contributed by atoms with E-state index in [1.54, 1.807) is 0 Å². The van der Waals surface area contributed by atoms with E-state index in [9.17, 15) is 5.11 Å². The molecule has 3 rings (SSSR count). The van der Waals surface area contributed by atoms with Crippen LogP contribution in [0.25, 0.3) is 0 Å². The van der Waals surface area contributed by atoms with E-state index in [2.05, 4.69) is 40.8 Å². The fraction of sp³-hybridized carbons (Fsp3) is 1.00. The van der Waals surface area contributed by atoms with E-state index in [-0.39, 0.29) is 34.9 Å². The average Bonchev–Trinajstić information content (AvgIpc) is 3.01. The number of aliphatic hydroxyl groups excluding tert-OH is 1. The van der Waals surface area contributed by atoms with Crippen molar-refractivity contribution >= 4 is 8.32 Å². The largest absolute Gasteiger partial charge is 0.414 e. The first kappa shape index (κ1) is 15.0. The highest BCUT2D eigenvalue weighted by atomic mass is 28.4. The van der Waals surface area contributed by atoms with Crippen molar-refractivity contribution in [3.8, 4) is 0 Å². The molecular formula is C16H30O3Si. The number of hydrogen-bond acceptors (Lipinski definition) is 3. The summed E-state index contributed by atoms with van der Waals surface area (Å²) in [5.74, 6) is 0.394. The van der Waals surface area contributed by atoms with Crippen LogP contribution in [0.3, 0.4) is 0 Å². The summed E-state index contributed by atoms with van der Waals surface area (Å²) in [6, 6.07) is 0. The van der Waals surface area contributed by atoms with Crippen molar-refractivity contribution in [1.82, 2.24) is 0 Å². The van der Waals surface area contributed by atoms with Gasteiger partial charge in [0.15, 0.2) is 8.32 Å². The Hall–Kier alpha value is 0.0969. The zero-order valence-electron chi connectivity index (χ0n) is 13.8. The van der Waals surface area contributed by atoms with Crippen LogP contribution in [-0.4, -0.2) is 37.8 Å². The first-order chi connectivity index (χ1) is 9.08. The quantitative estimate of drug-likeness (QED) is 0.628. The van der Waals surface area contributed by atoms with Gasteiger partial charge in [0.25, 0.3) is 0 Å². The van der Waals surface area contributed by atoms with Crippen LogP contribution in [-0.2, 0) is 9.16 Å². The standard InChI is InChI=1S/C16H30O3Si/c1-15(2,3)20(5,6)19-10-8-7-9-16(4)11(10)12-13(18-12)14(16)17/h10-14,17H,7-9H2,1-6H3/t10-,11+,12+,13+,14-,16-/m0/s1. The third-order valence-corrected chi connectivity index (χ3v) is 11.0. The Bertz CT molecular complexity index is 403. The van der Waals surface area contributed by atoms with Gasteiger partial charge in [-0.3, -0.25) is 0 Å². The summed E-state index contributed by atoms with van der Waals surface area (Å²) < 4.78 is 12.4. The first-order valence-corrected chi connectivity index (χ1v) is 11.0. The number of hydrogen-bond donors (Lipinski definition) is 1. The van der Waals surface area contributed by atoms with Gasteiger partial charge in [-0.2, -0.15) is 0 Å². The summed E-state index contributed by atoms with van der Waals surface area (Å²) in [5.41, 5.74) is 0.0128. The average molecular weight is 298 g/mol. The van der Waals surface area contributed by atoms with Gasteiger partial charge in [0.1, 0.15) is 6.10 Å². The molecule has 2 aliphatic carbocycles. The van der Waals surface area contributed by atoms with Gasteiger partial charge < -0.3 is 14.3 Å². The van der Waals surface area contributed by atoms with E-state index in [0.717, 1.165) is 12.8 Å². The Labute approximate surface area is 124 Å². The number of aliphatic hydroxyl groups is 1. The number of ether oxygens (including phenoxy) is 1. The highest BCUT2D eigenvalue weighted by Crippen LogP contribution is 2.61. The molecule has 0 amide bonds. The van der Waals surface area contributed by atoms with Crippen LogP contribution in [0, 0.1) is 11.3 Å². The van der Waals surface area contributed by atoms with E-state index in [0.29, 0.717) is 5.92 Å². The number of rotatable bonds is 2. The van der Waals surface area contributed by atoms with Crippen molar-refractivity contribution in [3.63, 3.8) is 0 Å². The predicted molar refractivity (Wildman–Crippen MR) is 82.2 cm³/mol. The zero-order chi connectivity index (χ0) is 14.9. The summed E-state index contributed by atoms with van der Waals surface area (Å²) >= 11 is 0. The fourth-order valence-electron chi connectivity index (χ4n) is 4.13. The molecule has 0 aromatic heterocycles. The smallest absolute Gasteiger partial charge is 0.192 e. The predicted octanol–water partition coefficient (Wildman–Crippen LogP) is 3.33. The monoisotopic (exact) mass is 298 g/mol. The SMILES string of the molecule is CC(C)(C)[Si](C)(C)O[C@H]1CCC[C@@]2(C)[C@H]1[C@H]1O[C@H]1[C@@H]2O. The van der Waals surface area contributed by atoms with Crippen molar-refractivity contribution in [3.05, 3.63) is 0 Å². The molecule has 1 saturated heterocycles. The summed E-state index contributed by atoms with van der Waals surface area (Å²) in [6.07, 6.45) is 3.75. The normalized spacial score (nSPS) is 47.9. The third-order valence-electron chi connectivity index (χ3n) is 6.52. The van der Waals surface area contributed by atoms with E-state index >= 15 is 0 Å². The molecule has 0 aromatic carbocycles. The molecule has 4 heteroatoms. The molecule has 2 saturated carbocycles. The number of fused-ring (bicyclic) bond motifs is 3. The molecule has 6 atom stereocenters. The Balaban J connectivity index is 1.81. The summed E-state index contributed by atoms with van der Waals surface area (Å²) in [5, 5.41) is 10.7. The minimum absolute atomic E-state index is 0.0128. The lowest BCUT2D eigenvalue weighted by Crippen LogP contribution is -2.52. The topological polar surface area (TPSA) is 42.0 Å². The van der Waals surface area contributed by atoms with Crippen LogP contribution in [0.2, 0.25) is 18.1 Å². The lowest BCUT2D eigenvalue weighted by molar-refractivity contribution is -0.0907. The van der Waals surface area contributed by atoms with Crippen molar-refractivity contribution in [2.24, 2.45) is 11.3 Å². The maximum atomic E-state index is 10.5. The molecule has 1 aliphatic heterocycles.